The van der Waals surface area contributed by atoms with Crippen LogP contribution in [-0.4, -0.2) is 60.7 Å². The van der Waals surface area contributed by atoms with Gasteiger partial charge < -0.3 is 30.2 Å². The minimum atomic E-state index is -2.75. The van der Waals surface area contributed by atoms with Crippen LogP contribution in [0, 0.1) is 0 Å². The highest BCUT2D eigenvalue weighted by Gasteiger charge is 2.20. The van der Waals surface area contributed by atoms with Gasteiger partial charge in [0.25, 0.3) is 0 Å². The Kier molecular flexibility index (Phi) is 8.29. The minimum absolute atomic E-state index is 0.177. The van der Waals surface area contributed by atoms with Gasteiger partial charge in [0.05, 0.1) is 24.7 Å². The number of hydrogen-bond donors (Lipinski definition) is 3. The Labute approximate surface area is 226 Å². The number of anilines is 5. The Hall–Kier alpha value is -2.84. The van der Waals surface area contributed by atoms with Crippen molar-refractivity contribution < 1.29 is 14.1 Å². The number of halogens is 2. The number of ether oxygens (including phenoxy) is 1. The van der Waals surface area contributed by atoms with E-state index in [0.29, 0.717) is 34.2 Å². The van der Waals surface area contributed by atoms with Crippen LogP contribution in [0.5, 0.6) is 5.75 Å². The van der Waals surface area contributed by atoms with E-state index >= 15 is 0 Å². The van der Waals surface area contributed by atoms with Crippen LogP contribution >= 0.6 is 30.3 Å². The first-order valence-corrected chi connectivity index (χ1v) is 15.1. The summed E-state index contributed by atoms with van der Waals surface area (Å²) in [5, 5.41) is 9.93. The summed E-state index contributed by atoms with van der Waals surface area (Å²) in [6.07, 6.45) is 2.45. The molecule has 1 aliphatic heterocycles. The molecular weight excluding hydrogens is 534 g/mol. The van der Waals surface area contributed by atoms with Crippen LogP contribution in [0.3, 0.4) is 0 Å². The Balaban J connectivity index is 1.64. The Morgan fingerprint density at radius 2 is 1.95 bits per heavy atom. The van der Waals surface area contributed by atoms with E-state index in [1.54, 1.807) is 38.6 Å². The normalized spacial score (nSPS) is 13.6. The molecule has 0 saturated heterocycles. The average molecular weight is 563 g/mol. The molecule has 0 spiro atoms. The summed E-state index contributed by atoms with van der Waals surface area (Å²) in [6.45, 7) is 5.15. The molecule has 9 nitrogen and oxygen atoms in total. The molecule has 2 heterocycles. The highest BCUT2D eigenvalue weighted by atomic mass is 35.5. The van der Waals surface area contributed by atoms with Crippen LogP contribution in [0.2, 0.25) is 5.02 Å². The predicted molar refractivity (Wildman–Crippen MR) is 152 cm³/mol. The maximum absolute atomic E-state index is 13.1. The Morgan fingerprint density at radius 3 is 2.65 bits per heavy atom. The molecular formula is C25H29Cl2N6O3P. The number of nitrogens with one attached hydrogen (secondary N) is 3. The molecule has 0 saturated carbocycles. The van der Waals surface area contributed by atoms with Gasteiger partial charge in [0.2, 0.25) is 11.9 Å². The zero-order valence-corrected chi connectivity index (χ0v) is 23.5. The number of alkyl halides is 1. The second-order valence-electron chi connectivity index (χ2n) is 9.21. The fraction of sp³-hybridized carbons (Fsp3) is 0.320. The summed E-state index contributed by atoms with van der Waals surface area (Å²) in [5.74, 6) is 0.824. The van der Waals surface area contributed by atoms with Crippen LogP contribution in [0.4, 0.5) is 28.8 Å². The van der Waals surface area contributed by atoms with Crippen LogP contribution in [0.25, 0.3) is 0 Å². The number of hydrogen-bond acceptors (Lipinski definition) is 8. The van der Waals surface area contributed by atoms with E-state index in [-0.39, 0.29) is 16.8 Å². The molecule has 0 unspecified atom stereocenters. The SMILES string of the molecule is COc1cc2c(cc1Nc1ncc(Cl)c(Nc3ccc(NC(=O)CCl)cc3P(C)(C)=O)n1)CN(C)CC2. The van der Waals surface area contributed by atoms with Crippen molar-refractivity contribution in [2.75, 3.05) is 55.9 Å². The van der Waals surface area contributed by atoms with E-state index in [1.165, 1.54) is 17.3 Å². The number of fused-ring (bicyclic) bond motifs is 1. The summed E-state index contributed by atoms with van der Waals surface area (Å²) in [6, 6.07) is 9.18. The third-order valence-electron chi connectivity index (χ3n) is 5.95. The van der Waals surface area contributed by atoms with Gasteiger partial charge in [0.1, 0.15) is 23.8 Å². The molecule has 4 rings (SSSR count). The lowest BCUT2D eigenvalue weighted by atomic mass is 9.99. The summed E-state index contributed by atoms with van der Waals surface area (Å²) < 4.78 is 18.7. The van der Waals surface area contributed by atoms with Crippen molar-refractivity contribution in [2.24, 2.45) is 0 Å². The summed E-state index contributed by atoms with van der Waals surface area (Å²) in [4.78, 5) is 22.9. The molecule has 1 aromatic heterocycles. The highest BCUT2D eigenvalue weighted by Crippen LogP contribution is 2.40. The lowest BCUT2D eigenvalue weighted by molar-refractivity contribution is -0.113. The average Bonchev–Trinajstić information content (AvgIpc) is 2.85. The third kappa shape index (κ3) is 6.54. The Bertz CT molecular complexity index is 1380. The van der Waals surface area contributed by atoms with Gasteiger partial charge in [-0.15, -0.1) is 11.6 Å². The number of amides is 1. The molecule has 0 fully saturated rings. The summed E-state index contributed by atoms with van der Waals surface area (Å²) in [5.41, 5.74) is 4.28. The highest BCUT2D eigenvalue weighted by molar-refractivity contribution is 7.70. The van der Waals surface area contributed by atoms with Crippen LogP contribution in [-0.2, 0) is 22.3 Å². The third-order valence-corrected chi connectivity index (χ3v) is 8.00. The summed E-state index contributed by atoms with van der Waals surface area (Å²) >= 11 is 12.0. The van der Waals surface area contributed by atoms with Gasteiger partial charge in [-0.25, -0.2) is 4.98 Å². The zero-order valence-electron chi connectivity index (χ0n) is 21.1. The van der Waals surface area contributed by atoms with E-state index in [0.717, 1.165) is 25.2 Å². The molecule has 3 aromatic rings. The number of methoxy groups -OCH3 is 1. The number of benzene rings is 2. The van der Waals surface area contributed by atoms with Gasteiger partial charge in [-0.3, -0.25) is 4.79 Å². The molecule has 12 heteroatoms. The summed E-state index contributed by atoms with van der Waals surface area (Å²) in [7, 11) is 0.977. The molecule has 1 aliphatic rings. The fourth-order valence-corrected chi connectivity index (χ4v) is 5.48. The van der Waals surface area contributed by atoms with Gasteiger partial charge in [0, 0.05) is 24.1 Å². The largest absolute Gasteiger partial charge is 0.495 e. The van der Waals surface area contributed by atoms with Gasteiger partial charge in [-0.2, -0.15) is 4.98 Å². The van der Waals surface area contributed by atoms with Crippen molar-refractivity contribution in [3.63, 3.8) is 0 Å². The molecule has 196 valence electrons. The monoisotopic (exact) mass is 562 g/mol. The van der Waals surface area contributed by atoms with E-state index in [9.17, 15) is 9.36 Å². The molecule has 0 radical (unpaired) electrons. The van der Waals surface area contributed by atoms with Crippen LogP contribution in [0.1, 0.15) is 11.1 Å². The van der Waals surface area contributed by atoms with Gasteiger partial charge in [-0.05, 0) is 68.3 Å². The number of rotatable bonds is 8. The molecule has 1 amide bonds. The van der Waals surface area contributed by atoms with Crippen molar-refractivity contribution in [1.29, 1.82) is 0 Å². The molecule has 2 aromatic carbocycles. The first kappa shape index (κ1) is 27.2. The van der Waals surface area contributed by atoms with Crippen molar-refractivity contribution in [2.45, 2.75) is 13.0 Å². The molecule has 3 N–H and O–H groups in total. The fourth-order valence-electron chi connectivity index (χ4n) is 4.11. The van der Waals surface area contributed by atoms with E-state index in [2.05, 4.69) is 50.0 Å². The van der Waals surface area contributed by atoms with Crippen molar-refractivity contribution >= 4 is 70.4 Å². The van der Waals surface area contributed by atoms with Crippen LogP contribution < -0.4 is 26.0 Å². The van der Waals surface area contributed by atoms with Crippen LogP contribution in [0.15, 0.2) is 36.5 Å². The second kappa shape index (κ2) is 11.3. The maximum atomic E-state index is 13.1. The predicted octanol–water partition coefficient (Wildman–Crippen LogP) is 5.04. The van der Waals surface area contributed by atoms with E-state index < -0.39 is 7.14 Å². The lowest BCUT2D eigenvalue weighted by Crippen LogP contribution is -2.26. The Morgan fingerprint density at radius 1 is 1.16 bits per heavy atom. The second-order valence-corrected chi connectivity index (χ2v) is 13.1. The van der Waals surface area contributed by atoms with Gasteiger partial charge >= 0.3 is 0 Å². The topological polar surface area (TPSA) is 108 Å². The lowest BCUT2D eigenvalue weighted by Gasteiger charge is -2.26. The van der Waals surface area contributed by atoms with Gasteiger partial charge in [0.15, 0.2) is 5.82 Å². The van der Waals surface area contributed by atoms with Gasteiger partial charge in [-0.1, -0.05) is 11.6 Å². The number of nitrogens with zero attached hydrogens (tertiary/aromatic N) is 3. The number of aromatic nitrogens is 2. The molecule has 0 aliphatic carbocycles. The number of carbonyl (C=O) groups is 1. The standard InChI is InChI=1S/C25H29Cl2N6O3P/c1-33-8-7-15-10-21(36-2)20(9-16(15)14-33)31-25-28-13-18(27)24(32-25)30-19-6-5-17(29-23(34)12-26)11-22(19)37(3,4)35/h5-6,9-11,13H,7-8,12,14H2,1-4H3,(H,29,34)(H2,28,30,31,32). The quantitative estimate of drug-likeness (QED) is 0.259. The maximum Gasteiger partial charge on any atom is 0.239 e. The molecule has 0 bridgehead atoms. The first-order valence-electron chi connectivity index (χ1n) is 11.6. The van der Waals surface area contributed by atoms with Crippen molar-refractivity contribution in [3.8, 4) is 5.75 Å². The van der Waals surface area contributed by atoms with E-state index in [1.807, 2.05) is 0 Å². The smallest absolute Gasteiger partial charge is 0.239 e. The number of likely N-dealkylation sites (N-methyl/N-ethyl adjacent to an activating group) is 1. The molecule has 37 heavy (non-hydrogen) atoms. The minimum Gasteiger partial charge on any atom is -0.495 e. The van der Waals surface area contributed by atoms with E-state index in [4.69, 9.17) is 27.9 Å². The van der Waals surface area contributed by atoms with Crippen molar-refractivity contribution in [1.82, 2.24) is 14.9 Å². The van der Waals surface area contributed by atoms with Crippen molar-refractivity contribution in [3.05, 3.63) is 52.7 Å². The molecule has 0 atom stereocenters. The number of carbonyl (C=O) groups excluding carboxylic acids is 1. The first-order chi connectivity index (χ1) is 17.6. The zero-order chi connectivity index (χ0) is 26.7.